The lowest BCUT2D eigenvalue weighted by Gasteiger charge is -2.27. The number of anilines is 1. The minimum absolute atomic E-state index is 0.163. The third-order valence-electron chi connectivity index (χ3n) is 3.88. The monoisotopic (exact) mass is 420 g/mol. The number of rotatable bonds is 3. The van der Waals surface area contributed by atoms with Gasteiger partial charge >= 0.3 is 12.2 Å². The van der Waals surface area contributed by atoms with Gasteiger partial charge in [-0.15, -0.1) is 0 Å². The van der Waals surface area contributed by atoms with Crippen LogP contribution < -0.4 is 4.90 Å². The quantitative estimate of drug-likeness (QED) is 0.627. The molecule has 0 heterocycles. The van der Waals surface area contributed by atoms with E-state index in [0.717, 1.165) is 24.1 Å². The number of carbonyl (C=O) groups is 2. The molecule has 0 aliphatic carbocycles. The molecule has 0 atom stereocenters. The van der Waals surface area contributed by atoms with E-state index in [1.165, 1.54) is 19.1 Å². The first-order chi connectivity index (χ1) is 13.0. The van der Waals surface area contributed by atoms with Crippen LogP contribution in [-0.4, -0.2) is 30.4 Å². The first-order valence-electron chi connectivity index (χ1n) is 7.89. The fraction of sp³-hybridized carbons (Fsp3) is 0.222. The van der Waals surface area contributed by atoms with E-state index in [2.05, 4.69) is 0 Å². The van der Waals surface area contributed by atoms with Crippen LogP contribution in [0, 0.1) is 11.6 Å². The summed E-state index contributed by atoms with van der Waals surface area (Å²) < 4.78 is 66.2. The summed E-state index contributed by atoms with van der Waals surface area (Å²) in [5.41, 5.74) is -2.23. The molecule has 2 aromatic rings. The van der Waals surface area contributed by atoms with E-state index in [4.69, 9.17) is 11.6 Å². The molecule has 0 aromatic heterocycles. The Hall–Kier alpha value is -2.68. The Morgan fingerprint density at radius 3 is 2.21 bits per heavy atom. The van der Waals surface area contributed by atoms with Crippen molar-refractivity contribution in [3.8, 4) is 0 Å². The maximum Gasteiger partial charge on any atom is 0.416 e. The summed E-state index contributed by atoms with van der Waals surface area (Å²) in [5.74, 6) is -3.34. The molecule has 0 aliphatic heterocycles. The summed E-state index contributed by atoms with van der Waals surface area (Å²) in [5, 5.41) is -0.228. The van der Waals surface area contributed by atoms with Crippen molar-refractivity contribution in [1.82, 2.24) is 4.90 Å². The second kappa shape index (κ2) is 8.14. The lowest BCUT2D eigenvalue weighted by atomic mass is 10.1. The van der Waals surface area contributed by atoms with Crippen molar-refractivity contribution in [2.24, 2.45) is 0 Å². The van der Waals surface area contributed by atoms with Gasteiger partial charge in [-0.2, -0.15) is 13.2 Å². The van der Waals surface area contributed by atoms with Gasteiger partial charge in [0.2, 0.25) is 0 Å². The van der Waals surface area contributed by atoms with E-state index < -0.39 is 46.6 Å². The standard InChI is InChI=1S/C18H14ClF5N2O2/c1-3-26(14-8-7-10(9-13(14)21)18(22,23)24)17(28)25(2)16(27)15-11(19)5-4-6-12(15)20/h4-9H,3H2,1-2H3. The first-order valence-corrected chi connectivity index (χ1v) is 8.27. The van der Waals surface area contributed by atoms with Crippen LogP contribution >= 0.6 is 11.6 Å². The molecule has 0 spiro atoms. The fourth-order valence-electron chi connectivity index (χ4n) is 2.45. The summed E-state index contributed by atoms with van der Waals surface area (Å²) in [6, 6.07) is 4.09. The number of urea groups is 1. The molecule has 0 aliphatic rings. The van der Waals surface area contributed by atoms with Gasteiger partial charge in [-0.05, 0) is 37.3 Å². The van der Waals surface area contributed by atoms with Crippen molar-refractivity contribution in [2.75, 3.05) is 18.5 Å². The third kappa shape index (κ3) is 4.24. The van der Waals surface area contributed by atoms with Crippen molar-refractivity contribution >= 4 is 29.2 Å². The molecule has 0 saturated carbocycles. The topological polar surface area (TPSA) is 40.6 Å². The number of imide groups is 1. The Labute approximate surface area is 162 Å². The van der Waals surface area contributed by atoms with Gasteiger partial charge in [0, 0.05) is 13.6 Å². The Morgan fingerprint density at radius 1 is 1.07 bits per heavy atom. The van der Waals surface area contributed by atoms with Crippen molar-refractivity contribution < 1.29 is 31.5 Å². The van der Waals surface area contributed by atoms with Gasteiger partial charge in [0.05, 0.1) is 21.8 Å². The van der Waals surface area contributed by atoms with Gasteiger partial charge in [0.15, 0.2) is 0 Å². The summed E-state index contributed by atoms with van der Waals surface area (Å²) >= 11 is 5.81. The molecular formula is C18H14ClF5N2O2. The molecule has 0 saturated heterocycles. The van der Waals surface area contributed by atoms with E-state index in [-0.39, 0.29) is 17.6 Å². The maximum absolute atomic E-state index is 14.2. The molecule has 0 radical (unpaired) electrons. The van der Waals surface area contributed by atoms with Gasteiger partial charge in [0.1, 0.15) is 11.6 Å². The van der Waals surface area contributed by atoms with Crippen LogP contribution in [0.5, 0.6) is 0 Å². The number of nitrogens with zero attached hydrogens (tertiary/aromatic N) is 2. The number of amides is 3. The van der Waals surface area contributed by atoms with Gasteiger partial charge in [0.25, 0.3) is 5.91 Å². The van der Waals surface area contributed by atoms with E-state index in [1.54, 1.807) is 0 Å². The fourth-order valence-corrected chi connectivity index (χ4v) is 2.69. The Bertz CT molecular complexity index is 897. The van der Waals surface area contributed by atoms with Crippen LogP contribution in [0.1, 0.15) is 22.8 Å². The van der Waals surface area contributed by atoms with Crippen LogP contribution in [0.2, 0.25) is 5.02 Å². The van der Waals surface area contributed by atoms with E-state index >= 15 is 0 Å². The molecule has 0 fully saturated rings. The lowest BCUT2D eigenvalue weighted by Crippen LogP contribution is -2.45. The molecule has 10 heteroatoms. The lowest BCUT2D eigenvalue weighted by molar-refractivity contribution is -0.137. The highest BCUT2D eigenvalue weighted by Crippen LogP contribution is 2.32. The minimum Gasteiger partial charge on any atom is -0.291 e. The van der Waals surface area contributed by atoms with E-state index in [0.29, 0.717) is 11.0 Å². The predicted octanol–water partition coefficient (Wildman–Crippen LogP) is 5.36. The van der Waals surface area contributed by atoms with Gasteiger partial charge in [-0.3, -0.25) is 14.6 Å². The van der Waals surface area contributed by atoms with E-state index in [1.807, 2.05) is 0 Å². The molecule has 0 N–H and O–H groups in total. The van der Waals surface area contributed by atoms with Crippen LogP contribution in [0.4, 0.5) is 32.4 Å². The number of hydrogen-bond donors (Lipinski definition) is 0. The molecule has 2 rings (SSSR count). The Kier molecular flexibility index (Phi) is 6.28. The molecule has 0 unspecified atom stereocenters. The van der Waals surface area contributed by atoms with E-state index in [9.17, 15) is 31.5 Å². The molecule has 150 valence electrons. The summed E-state index contributed by atoms with van der Waals surface area (Å²) in [6.45, 7) is 1.27. The number of carbonyl (C=O) groups excluding carboxylic acids is 2. The SMILES string of the molecule is CCN(C(=O)N(C)C(=O)c1c(F)cccc1Cl)c1ccc(C(F)(F)F)cc1F. The van der Waals surface area contributed by atoms with Crippen LogP contribution in [0.25, 0.3) is 0 Å². The number of halogens is 6. The number of benzene rings is 2. The number of hydrogen-bond acceptors (Lipinski definition) is 2. The van der Waals surface area contributed by atoms with Crippen molar-refractivity contribution in [2.45, 2.75) is 13.1 Å². The predicted molar refractivity (Wildman–Crippen MR) is 93.3 cm³/mol. The third-order valence-corrected chi connectivity index (χ3v) is 4.20. The molecule has 2 aromatic carbocycles. The zero-order valence-corrected chi connectivity index (χ0v) is 15.4. The average Bonchev–Trinajstić information content (AvgIpc) is 2.61. The minimum atomic E-state index is -4.76. The molecule has 28 heavy (non-hydrogen) atoms. The van der Waals surface area contributed by atoms with Gasteiger partial charge in [-0.1, -0.05) is 17.7 Å². The largest absolute Gasteiger partial charge is 0.416 e. The molecule has 0 bridgehead atoms. The zero-order valence-electron chi connectivity index (χ0n) is 14.6. The van der Waals surface area contributed by atoms with Gasteiger partial charge in [-0.25, -0.2) is 13.6 Å². The highest BCUT2D eigenvalue weighted by molar-refractivity contribution is 6.34. The highest BCUT2D eigenvalue weighted by Gasteiger charge is 2.33. The second-order valence-electron chi connectivity index (χ2n) is 5.65. The zero-order chi connectivity index (χ0) is 21.2. The van der Waals surface area contributed by atoms with Crippen LogP contribution in [0.15, 0.2) is 36.4 Å². The summed E-state index contributed by atoms with van der Waals surface area (Å²) in [7, 11) is 1.03. The number of alkyl halides is 3. The molecule has 3 amide bonds. The summed E-state index contributed by atoms with van der Waals surface area (Å²) in [6.07, 6.45) is -4.76. The molecular weight excluding hydrogens is 407 g/mol. The Morgan fingerprint density at radius 2 is 1.71 bits per heavy atom. The van der Waals surface area contributed by atoms with Crippen LogP contribution in [0.3, 0.4) is 0 Å². The normalized spacial score (nSPS) is 11.3. The Balaban J connectivity index is 2.36. The second-order valence-corrected chi connectivity index (χ2v) is 6.06. The maximum atomic E-state index is 14.2. The average molecular weight is 421 g/mol. The first kappa shape index (κ1) is 21.6. The molecule has 4 nitrogen and oxygen atoms in total. The smallest absolute Gasteiger partial charge is 0.291 e. The van der Waals surface area contributed by atoms with Crippen molar-refractivity contribution in [3.63, 3.8) is 0 Å². The van der Waals surface area contributed by atoms with Gasteiger partial charge < -0.3 is 0 Å². The van der Waals surface area contributed by atoms with Crippen molar-refractivity contribution in [3.05, 3.63) is 64.2 Å². The van der Waals surface area contributed by atoms with Crippen molar-refractivity contribution in [1.29, 1.82) is 0 Å². The van der Waals surface area contributed by atoms with Crippen LogP contribution in [-0.2, 0) is 6.18 Å². The summed E-state index contributed by atoms with van der Waals surface area (Å²) in [4.78, 5) is 26.3. The highest BCUT2D eigenvalue weighted by atomic mass is 35.5.